The summed E-state index contributed by atoms with van der Waals surface area (Å²) in [4.78, 5) is 10.6. The van der Waals surface area contributed by atoms with Gasteiger partial charge in [0, 0.05) is 11.6 Å². The predicted octanol–water partition coefficient (Wildman–Crippen LogP) is 3.67. The minimum Gasteiger partial charge on any atom is -0.456 e. The lowest BCUT2D eigenvalue weighted by Gasteiger charge is -2.08. The van der Waals surface area contributed by atoms with E-state index in [9.17, 15) is 4.79 Å². The first kappa shape index (κ1) is 11.9. The average Bonchev–Trinajstić information content (AvgIpc) is 2.88. The molecule has 5 heteroatoms. The van der Waals surface area contributed by atoms with Crippen LogP contribution in [0.2, 0.25) is 5.02 Å². The molecular weight excluding hydrogens is 268 g/mol. The molecule has 4 nitrogen and oxygen atoms in total. The van der Waals surface area contributed by atoms with Gasteiger partial charge < -0.3 is 14.2 Å². The van der Waals surface area contributed by atoms with Crippen molar-refractivity contribution >= 4 is 17.9 Å². The van der Waals surface area contributed by atoms with Crippen LogP contribution < -0.4 is 14.2 Å². The quantitative estimate of drug-likeness (QED) is 0.802. The van der Waals surface area contributed by atoms with Gasteiger partial charge in [-0.05, 0) is 30.3 Å². The van der Waals surface area contributed by atoms with Gasteiger partial charge in [0.2, 0.25) is 6.79 Å². The maximum atomic E-state index is 10.6. The summed E-state index contributed by atoms with van der Waals surface area (Å²) >= 11 is 6.04. The summed E-state index contributed by atoms with van der Waals surface area (Å²) in [5, 5.41) is 0.377. The number of carbonyl (C=O) groups is 1. The van der Waals surface area contributed by atoms with Crippen molar-refractivity contribution in [1.82, 2.24) is 0 Å². The maximum Gasteiger partial charge on any atom is 0.231 e. The van der Waals surface area contributed by atoms with Gasteiger partial charge in [0.1, 0.15) is 17.8 Å². The monoisotopic (exact) mass is 276 g/mol. The molecule has 0 amide bonds. The van der Waals surface area contributed by atoms with E-state index < -0.39 is 0 Å². The van der Waals surface area contributed by atoms with Crippen molar-refractivity contribution in [3.05, 3.63) is 47.0 Å². The molecule has 0 bridgehead atoms. The van der Waals surface area contributed by atoms with Gasteiger partial charge in [-0.3, -0.25) is 4.79 Å². The van der Waals surface area contributed by atoms with Crippen LogP contribution in [0.5, 0.6) is 23.0 Å². The lowest BCUT2D eigenvalue weighted by molar-refractivity contribution is 0.112. The summed E-state index contributed by atoms with van der Waals surface area (Å²) in [6, 6.07) is 10.1. The molecule has 19 heavy (non-hydrogen) atoms. The molecule has 0 unspecified atom stereocenters. The first-order valence-electron chi connectivity index (χ1n) is 5.58. The van der Waals surface area contributed by atoms with E-state index >= 15 is 0 Å². The van der Waals surface area contributed by atoms with Gasteiger partial charge in [-0.2, -0.15) is 0 Å². The van der Waals surface area contributed by atoms with Gasteiger partial charge >= 0.3 is 0 Å². The molecule has 0 radical (unpaired) electrons. The highest BCUT2D eigenvalue weighted by Crippen LogP contribution is 2.37. The zero-order chi connectivity index (χ0) is 13.2. The smallest absolute Gasteiger partial charge is 0.231 e. The molecule has 3 rings (SSSR count). The highest BCUT2D eigenvalue weighted by atomic mass is 35.5. The largest absolute Gasteiger partial charge is 0.456 e. The van der Waals surface area contributed by atoms with E-state index in [1.165, 1.54) is 0 Å². The highest BCUT2D eigenvalue weighted by Gasteiger charge is 2.14. The van der Waals surface area contributed by atoms with Crippen molar-refractivity contribution in [1.29, 1.82) is 0 Å². The van der Waals surface area contributed by atoms with Gasteiger partial charge in [-0.25, -0.2) is 0 Å². The Labute approximate surface area is 114 Å². The molecule has 2 aromatic carbocycles. The van der Waals surface area contributed by atoms with Gasteiger partial charge in [-0.15, -0.1) is 0 Å². The fourth-order valence-electron chi connectivity index (χ4n) is 1.74. The van der Waals surface area contributed by atoms with Crippen LogP contribution in [0.15, 0.2) is 36.4 Å². The van der Waals surface area contributed by atoms with E-state index in [2.05, 4.69) is 0 Å². The van der Waals surface area contributed by atoms with Crippen LogP contribution in [0.25, 0.3) is 0 Å². The molecule has 0 saturated carbocycles. The number of aldehydes is 1. The Morgan fingerprint density at radius 3 is 2.74 bits per heavy atom. The first-order valence-corrected chi connectivity index (χ1v) is 5.96. The molecule has 2 aromatic rings. The van der Waals surface area contributed by atoms with Crippen LogP contribution in [0, 0.1) is 0 Å². The van der Waals surface area contributed by atoms with Crippen LogP contribution in [-0.2, 0) is 0 Å². The molecule has 0 saturated heterocycles. The zero-order valence-corrected chi connectivity index (χ0v) is 10.5. The predicted molar refractivity (Wildman–Crippen MR) is 69.5 cm³/mol. The number of hydrogen-bond acceptors (Lipinski definition) is 4. The standard InChI is InChI=1S/C14H9ClO4/c15-11-5-9(7-16)1-3-12(11)19-10-2-4-13-14(6-10)18-8-17-13/h1-7H,8H2. The molecule has 0 fully saturated rings. The minimum atomic E-state index is 0.216. The topological polar surface area (TPSA) is 44.8 Å². The average molecular weight is 277 g/mol. The van der Waals surface area contributed by atoms with Gasteiger partial charge in [0.15, 0.2) is 11.5 Å². The summed E-state index contributed by atoms with van der Waals surface area (Å²) < 4.78 is 16.1. The third kappa shape index (κ3) is 2.35. The molecule has 0 aromatic heterocycles. The van der Waals surface area contributed by atoms with E-state index in [1.807, 2.05) is 0 Å². The van der Waals surface area contributed by atoms with E-state index in [-0.39, 0.29) is 6.79 Å². The first-order chi connectivity index (χ1) is 9.26. The lowest BCUT2D eigenvalue weighted by atomic mass is 10.2. The Hall–Kier alpha value is -2.20. The Kier molecular flexibility index (Phi) is 3.01. The number of halogens is 1. The maximum absolute atomic E-state index is 10.6. The van der Waals surface area contributed by atoms with E-state index in [0.717, 1.165) is 6.29 Å². The van der Waals surface area contributed by atoms with Crippen LogP contribution >= 0.6 is 11.6 Å². The summed E-state index contributed by atoms with van der Waals surface area (Å²) in [6.45, 7) is 0.216. The number of carbonyl (C=O) groups excluding carboxylic acids is 1. The molecule has 1 aliphatic rings. The fraction of sp³-hybridized carbons (Fsp3) is 0.0714. The minimum absolute atomic E-state index is 0.216. The van der Waals surface area contributed by atoms with Crippen molar-refractivity contribution in [2.24, 2.45) is 0 Å². The number of rotatable bonds is 3. The Morgan fingerprint density at radius 2 is 1.95 bits per heavy atom. The molecule has 0 aliphatic carbocycles. The van der Waals surface area contributed by atoms with Gasteiger partial charge in [0.05, 0.1) is 5.02 Å². The third-order valence-corrected chi connectivity index (χ3v) is 2.96. The molecular formula is C14H9ClO4. The molecule has 0 atom stereocenters. The van der Waals surface area contributed by atoms with Crippen LogP contribution in [0.3, 0.4) is 0 Å². The van der Waals surface area contributed by atoms with Crippen molar-refractivity contribution in [2.75, 3.05) is 6.79 Å². The second-order valence-corrected chi connectivity index (χ2v) is 4.33. The SMILES string of the molecule is O=Cc1ccc(Oc2ccc3c(c2)OCO3)c(Cl)c1. The van der Waals surface area contributed by atoms with Gasteiger partial charge in [0.25, 0.3) is 0 Å². The molecule has 96 valence electrons. The van der Waals surface area contributed by atoms with Crippen LogP contribution in [0.1, 0.15) is 10.4 Å². The van der Waals surface area contributed by atoms with E-state index in [1.54, 1.807) is 36.4 Å². The number of benzene rings is 2. The number of hydrogen-bond donors (Lipinski definition) is 0. The molecule has 1 aliphatic heterocycles. The normalized spacial score (nSPS) is 12.3. The van der Waals surface area contributed by atoms with Crippen LogP contribution in [0.4, 0.5) is 0 Å². The molecule has 0 spiro atoms. The number of ether oxygens (including phenoxy) is 3. The summed E-state index contributed by atoms with van der Waals surface area (Å²) in [5.41, 5.74) is 0.503. The lowest BCUT2D eigenvalue weighted by Crippen LogP contribution is -1.92. The van der Waals surface area contributed by atoms with Crippen molar-refractivity contribution in [3.8, 4) is 23.0 Å². The summed E-state index contributed by atoms with van der Waals surface area (Å²) in [7, 11) is 0. The fourth-order valence-corrected chi connectivity index (χ4v) is 1.97. The Balaban J connectivity index is 1.87. The van der Waals surface area contributed by atoms with Crippen molar-refractivity contribution < 1.29 is 19.0 Å². The van der Waals surface area contributed by atoms with Crippen molar-refractivity contribution in [2.45, 2.75) is 0 Å². The van der Waals surface area contributed by atoms with E-state index in [0.29, 0.717) is 33.6 Å². The highest BCUT2D eigenvalue weighted by molar-refractivity contribution is 6.32. The molecule has 1 heterocycles. The summed E-state index contributed by atoms with van der Waals surface area (Å²) in [6.07, 6.45) is 0.732. The van der Waals surface area contributed by atoms with Crippen molar-refractivity contribution in [3.63, 3.8) is 0 Å². The molecule has 0 N–H and O–H groups in total. The second-order valence-electron chi connectivity index (χ2n) is 3.92. The van der Waals surface area contributed by atoms with Crippen LogP contribution in [-0.4, -0.2) is 13.1 Å². The van der Waals surface area contributed by atoms with Gasteiger partial charge in [-0.1, -0.05) is 11.6 Å². The third-order valence-electron chi connectivity index (χ3n) is 2.66. The number of fused-ring (bicyclic) bond motifs is 1. The zero-order valence-electron chi connectivity index (χ0n) is 9.76. The second kappa shape index (κ2) is 4.82. The van der Waals surface area contributed by atoms with E-state index in [4.69, 9.17) is 25.8 Å². The summed E-state index contributed by atoms with van der Waals surface area (Å²) in [5.74, 6) is 2.39. The Morgan fingerprint density at radius 1 is 1.11 bits per heavy atom. The Bertz CT molecular complexity index is 639.